The van der Waals surface area contributed by atoms with E-state index in [1.165, 1.54) is 11.9 Å². The molecule has 1 aromatic carbocycles. The van der Waals surface area contributed by atoms with Crippen molar-refractivity contribution in [2.24, 2.45) is 5.14 Å². The van der Waals surface area contributed by atoms with Crippen molar-refractivity contribution < 1.29 is 22.5 Å². The molecular weight excluding hydrogens is 305 g/mol. The molecule has 1 aromatic rings. The minimum Gasteiger partial charge on any atom is -0.339 e. The molecule has 0 saturated heterocycles. The summed E-state index contributed by atoms with van der Waals surface area (Å²) in [7, 11) is -3.03. The summed E-state index contributed by atoms with van der Waals surface area (Å²) in [6.07, 6.45) is 1.60. The van der Waals surface area contributed by atoms with Crippen molar-refractivity contribution in [1.82, 2.24) is 4.90 Å². The van der Waals surface area contributed by atoms with E-state index in [-0.39, 0.29) is 11.6 Å². The predicted octanol–water partition coefficient (Wildman–Crippen LogP) is 0.616. The number of carbonyl (C=O) groups excluding carboxylic acids is 1. The van der Waals surface area contributed by atoms with Gasteiger partial charge < -0.3 is 4.90 Å². The Hall–Kier alpha value is -2.07. The van der Waals surface area contributed by atoms with Crippen molar-refractivity contribution in [3.63, 3.8) is 0 Å². The fraction of sp³-hybridized carbons (Fsp3) is 0.364. The first kappa shape index (κ1) is 15.3. The van der Waals surface area contributed by atoms with Gasteiger partial charge in [-0.3, -0.25) is 14.9 Å². The van der Waals surface area contributed by atoms with Crippen LogP contribution in [0.15, 0.2) is 17.0 Å². The average Bonchev–Trinajstić information content (AvgIpc) is 3.19. The van der Waals surface area contributed by atoms with E-state index < -0.39 is 37.3 Å². The van der Waals surface area contributed by atoms with Gasteiger partial charge in [0, 0.05) is 24.7 Å². The van der Waals surface area contributed by atoms with Gasteiger partial charge in [0.15, 0.2) is 0 Å². The lowest BCUT2D eigenvalue weighted by Gasteiger charge is -2.16. The van der Waals surface area contributed by atoms with Crippen LogP contribution in [-0.2, 0) is 10.0 Å². The second-order valence-corrected chi connectivity index (χ2v) is 6.29. The number of halogens is 1. The highest BCUT2D eigenvalue weighted by atomic mass is 32.2. The Morgan fingerprint density at radius 2 is 2.05 bits per heavy atom. The fourth-order valence-corrected chi connectivity index (χ4v) is 2.52. The van der Waals surface area contributed by atoms with Crippen LogP contribution in [0.5, 0.6) is 0 Å². The molecule has 0 radical (unpaired) electrons. The van der Waals surface area contributed by atoms with E-state index in [2.05, 4.69) is 0 Å². The SMILES string of the molecule is CN(C(=O)c1cc([N+](=O)[O-])c(F)c(S(N)(=O)=O)c1)C1CC1. The van der Waals surface area contributed by atoms with E-state index in [9.17, 15) is 27.7 Å². The van der Waals surface area contributed by atoms with E-state index >= 15 is 0 Å². The number of hydrogen-bond donors (Lipinski definition) is 1. The van der Waals surface area contributed by atoms with Crippen molar-refractivity contribution in [2.45, 2.75) is 23.8 Å². The van der Waals surface area contributed by atoms with E-state index in [4.69, 9.17) is 5.14 Å². The van der Waals surface area contributed by atoms with Crippen molar-refractivity contribution in [2.75, 3.05) is 7.05 Å². The van der Waals surface area contributed by atoms with E-state index in [0.717, 1.165) is 18.9 Å². The molecule has 0 atom stereocenters. The van der Waals surface area contributed by atoms with Crippen LogP contribution in [0.1, 0.15) is 23.2 Å². The van der Waals surface area contributed by atoms with Gasteiger partial charge in [0.2, 0.25) is 15.8 Å². The maximum atomic E-state index is 13.8. The Balaban J connectivity index is 2.59. The number of sulfonamides is 1. The highest BCUT2D eigenvalue weighted by Crippen LogP contribution is 2.30. The van der Waals surface area contributed by atoms with Crippen LogP contribution in [0.4, 0.5) is 10.1 Å². The maximum Gasteiger partial charge on any atom is 0.307 e. The lowest BCUT2D eigenvalue weighted by atomic mass is 10.1. The minimum atomic E-state index is -4.53. The summed E-state index contributed by atoms with van der Waals surface area (Å²) in [5.74, 6) is -2.20. The number of hydrogen-bond acceptors (Lipinski definition) is 5. The van der Waals surface area contributed by atoms with Crippen molar-refractivity contribution in [3.05, 3.63) is 33.6 Å². The highest BCUT2D eigenvalue weighted by Gasteiger charge is 2.33. The van der Waals surface area contributed by atoms with Gasteiger partial charge in [-0.25, -0.2) is 13.6 Å². The Morgan fingerprint density at radius 3 is 2.48 bits per heavy atom. The zero-order chi connectivity index (χ0) is 15.9. The third-order valence-electron chi connectivity index (χ3n) is 3.19. The van der Waals surface area contributed by atoms with Crippen LogP contribution >= 0.6 is 0 Å². The first-order valence-electron chi connectivity index (χ1n) is 5.91. The summed E-state index contributed by atoms with van der Waals surface area (Å²) >= 11 is 0. The van der Waals surface area contributed by atoms with Crippen LogP contribution < -0.4 is 5.14 Å². The topological polar surface area (TPSA) is 124 Å². The first-order chi connectivity index (χ1) is 9.62. The summed E-state index contributed by atoms with van der Waals surface area (Å²) in [5.41, 5.74) is -1.39. The standard InChI is InChI=1S/C11H12FN3O5S/c1-14(7-2-3-7)11(16)6-4-8(15(17)18)10(12)9(5-6)21(13,19)20/h4-5,7H,2-3H2,1H3,(H2,13,19,20). The molecule has 0 aromatic heterocycles. The second-order valence-electron chi connectivity index (χ2n) is 4.76. The van der Waals surface area contributed by atoms with Gasteiger partial charge in [-0.15, -0.1) is 0 Å². The molecule has 1 fully saturated rings. The molecule has 0 bridgehead atoms. The Morgan fingerprint density at radius 1 is 1.48 bits per heavy atom. The molecule has 2 N–H and O–H groups in total. The minimum absolute atomic E-state index is 0.0135. The summed E-state index contributed by atoms with van der Waals surface area (Å²) in [4.78, 5) is 22.1. The van der Waals surface area contributed by atoms with Gasteiger partial charge in [-0.05, 0) is 18.9 Å². The average molecular weight is 317 g/mol. The van der Waals surface area contributed by atoms with Crippen LogP contribution in [-0.4, -0.2) is 37.2 Å². The number of primary sulfonamides is 1. The lowest BCUT2D eigenvalue weighted by Crippen LogP contribution is -2.29. The summed E-state index contributed by atoms with van der Waals surface area (Å²) in [6, 6.07) is 1.45. The Labute approximate surface area is 119 Å². The summed E-state index contributed by atoms with van der Waals surface area (Å²) < 4.78 is 36.4. The van der Waals surface area contributed by atoms with Crippen molar-refractivity contribution >= 4 is 21.6 Å². The van der Waals surface area contributed by atoms with Gasteiger partial charge in [-0.2, -0.15) is 4.39 Å². The van der Waals surface area contributed by atoms with Gasteiger partial charge in [-0.1, -0.05) is 0 Å². The van der Waals surface area contributed by atoms with Gasteiger partial charge in [0.25, 0.3) is 5.91 Å². The van der Waals surface area contributed by atoms with Crippen LogP contribution in [0.25, 0.3) is 0 Å². The first-order valence-corrected chi connectivity index (χ1v) is 7.45. The quantitative estimate of drug-likeness (QED) is 0.644. The number of benzene rings is 1. The maximum absolute atomic E-state index is 13.8. The smallest absolute Gasteiger partial charge is 0.307 e. The van der Waals surface area contributed by atoms with Crippen LogP contribution in [0, 0.1) is 15.9 Å². The van der Waals surface area contributed by atoms with Crippen LogP contribution in [0.2, 0.25) is 0 Å². The highest BCUT2D eigenvalue weighted by molar-refractivity contribution is 7.89. The molecule has 21 heavy (non-hydrogen) atoms. The fourth-order valence-electron chi connectivity index (χ4n) is 1.88. The largest absolute Gasteiger partial charge is 0.339 e. The third-order valence-corrected chi connectivity index (χ3v) is 4.10. The monoisotopic (exact) mass is 317 g/mol. The predicted molar refractivity (Wildman–Crippen MR) is 69.5 cm³/mol. The molecule has 10 heteroatoms. The second kappa shape index (κ2) is 5.04. The molecule has 0 spiro atoms. The van der Waals surface area contributed by atoms with Gasteiger partial charge in [0.05, 0.1) is 4.92 Å². The molecule has 0 unspecified atom stereocenters. The van der Waals surface area contributed by atoms with Crippen molar-refractivity contribution in [3.8, 4) is 0 Å². The summed E-state index contributed by atoms with van der Waals surface area (Å²) in [5, 5.41) is 15.6. The zero-order valence-corrected chi connectivity index (χ0v) is 11.8. The normalized spacial score (nSPS) is 14.8. The number of amides is 1. The number of nitrogens with zero attached hydrogens (tertiary/aromatic N) is 2. The van der Waals surface area contributed by atoms with Crippen molar-refractivity contribution in [1.29, 1.82) is 0 Å². The van der Waals surface area contributed by atoms with E-state index in [1.807, 2.05) is 0 Å². The number of carbonyl (C=O) groups is 1. The lowest BCUT2D eigenvalue weighted by molar-refractivity contribution is -0.387. The molecule has 1 aliphatic rings. The van der Waals surface area contributed by atoms with Gasteiger partial charge in [0.1, 0.15) is 4.90 Å². The molecule has 114 valence electrons. The molecule has 1 saturated carbocycles. The Bertz CT molecular complexity index is 730. The van der Waals surface area contributed by atoms with Crippen LogP contribution in [0.3, 0.4) is 0 Å². The van der Waals surface area contributed by atoms with E-state index in [1.54, 1.807) is 0 Å². The number of rotatable bonds is 4. The number of nitro benzene ring substituents is 1. The molecule has 2 rings (SSSR count). The molecular formula is C11H12FN3O5S. The number of nitrogens with two attached hydrogens (primary N) is 1. The van der Waals surface area contributed by atoms with E-state index in [0.29, 0.717) is 6.07 Å². The summed E-state index contributed by atoms with van der Waals surface area (Å²) in [6.45, 7) is 0. The number of nitro groups is 1. The third kappa shape index (κ3) is 3.00. The zero-order valence-electron chi connectivity index (χ0n) is 10.9. The van der Waals surface area contributed by atoms with Gasteiger partial charge >= 0.3 is 5.69 Å². The molecule has 1 amide bonds. The molecule has 0 heterocycles. The molecule has 8 nitrogen and oxygen atoms in total. The Kier molecular flexibility index (Phi) is 3.68. The molecule has 0 aliphatic heterocycles. The molecule has 1 aliphatic carbocycles.